The minimum Gasteiger partial charge on any atom is -0.390 e. The molecule has 1 heterocycles. The normalized spacial score (nSPS) is 17.9. The number of benzene rings is 1. The molecule has 0 unspecified atom stereocenters. The van der Waals surface area contributed by atoms with Gasteiger partial charge >= 0.3 is 0 Å². The third-order valence-electron chi connectivity index (χ3n) is 3.50. The van der Waals surface area contributed by atoms with Crippen LogP contribution in [0.25, 0.3) is 11.0 Å². The summed E-state index contributed by atoms with van der Waals surface area (Å²) in [7, 11) is 2.00. The van der Waals surface area contributed by atoms with E-state index < -0.39 is 0 Å². The van der Waals surface area contributed by atoms with Crippen molar-refractivity contribution in [3.63, 3.8) is 0 Å². The molecule has 1 aliphatic rings. The van der Waals surface area contributed by atoms with E-state index in [9.17, 15) is 5.11 Å². The third-order valence-corrected chi connectivity index (χ3v) is 3.50. The summed E-state index contributed by atoms with van der Waals surface area (Å²) < 4.78 is 2.02. The number of hydrogen-bond donors (Lipinski definition) is 1. The van der Waals surface area contributed by atoms with Gasteiger partial charge in [0.2, 0.25) is 0 Å². The van der Waals surface area contributed by atoms with Crippen molar-refractivity contribution in [2.75, 3.05) is 0 Å². The van der Waals surface area contributed by atoms with Gasteiger partial charge in [0.15, 0.2) is 0 Å². The topological polar surface area (TPSA) is 38.0 Å². The van der Waals surface area contributed by atoms with E-state index in [4.69, 9.17) is 0 Å². The van der Waals surface area contributed by atoms with Crippen LogP contribution in [0, 0.1) is 0 Å². The summed E-state index contributed by atoms with van der Waals surface area (Å²) in [4.78, 5) is 4.34. The fourth-order valence-electron chi connectivity index (χ4n) is 2.11. The van der Waals surface area contributed by atoms with Crippen molar-refractivity contribution in [2.24, 2.45) is 7.05 Å². The molecule has 1 aromatic carbocycles. The van der Waals surface area contributed by atoms with Crippen LogP contribution < -0.4 is 0 Å². The van der Waals surface area contributed by atoms with E-state index in [0.29, 0.717) is 0 Å². The maximum absolute atomic E-state index is 9.79. The van der Waals surface area contributed by atoms with E-state index >= 15 is 0 Å². The molecular weight excluding hydrogens is 200 g/mol. The molecule has 1 aromatic heterocycles. The van der Waals surface area contributed by atoms with Gasteiger partial charge < -0.3 is 9.67 Å². The Morgan fingerprint density at radius 1 is 1.44 bits per heavy atom. The molecule has 0 bridgehead atoms. The van der Waals surface area contributed by atoms with Crippen molar-refractivity contribution >= 4 is 11.0 Å². The minimum atomic E-state index is -0.348. The summed E-state index contributed by atoms with van der Waals surface area (Å²) in [5, 5.41) is 9.79. The van der Waals surface area contributed by atoms with Gasteiger partial charge in [-0.3, -0.25) is 0 Å². The molecule has 0 amide bonds. The fraction of sp³-hybridized carbons (Fsp3) is 0.462. The lowest BCUT2D eigenvalue weighted by molar-refractivity contribution is 0.140. The second kappa shape index (κ2) is 3.32. The van der Waals surface area contributed by atoms with Gasteiger partial charge in [-0.25, -0.2) is 4.98 Å². The summed E-state index contributed by atoms with van der Waals surface area (Å²) in [5.74, 6) is 0. The third kappa shape index (κ3) is 1.71. The summed E-state index contributed by atoms with van der Waals surface area (Å²) in [6, 6.07) is 6.37. The molecule has 1 aliphatic carbocycles. The second-order valence-electron chi connectivity index (χ2n) is 4.90. The van der Waals surface area contributed by atoms with Crippen molar-refractivity contribution in [3.05, 3.63) is 30.1 Å². The van der Waals surface area contributed by atoms with Crippen LogP contribution in [0.3, 0.4) is 0 Å². The fourth-order valence-corrected chi connectivity index (χ4v) is 2.11. The first-order valence-corrected chi connectivity index (χ1v) is 5.79. The highest BCUT2D eigenvalue weighted by molar-refractivity contribution is 5.75. The number of aryl methyl sites for hydroxylation is 2. The number of rotatable bonds is 3. The predicted octanol–water partition coefficient (Wildman–Crippen LogP) is 2.03. The standard InChI is InChI=1S/C13H16N2O/c1-15-9-14-11-8-10(2-3-12(11)15)4-5-13(16)6-7-13/h2-3,8-9,16H,4-7H2,1H3. The van der Waals surface area contributed by atoms with Gasteiger partial charge in [0.25, 0.3) is 0 Å². The minimum absolute atomic E-state index is 0.348. The average Bonchev–Trinajstić information content (AvgIpc) is 2.91. The highest BCUT2D eigenvalue weighted by atomic mass is 16.3. The van der Waals surface area contributed by atoms with Gasteiger partial charge in [-0.2, -0.15) is 0 Å². The molecule has 16 heavy (non-hydrogen) atoms. The van der Waals surface area contributed by atoms with Crippen LogP contribution >= 0.6 is 0 Å². The quantitative estimate of drug-likeness (QED) is 0.852. The molecule has 1 N–H and O–H groups in total. The van der Waals surface area contributed by atoms with Gasteiger partial charge in [-0.15, -0.1) is 0 Å². The molecule has 2 aromatic rings. The van der Waals surface area contributed by atoms with Crippen LogP contribution in [-0.4, -0.2) is 20.3 Å². The number of imidazole rings is 1. The van der Waals surface area contributed by atoms with E-state index in [2.05, 4.69) is 23.2 Å². The molecule has 3 nitrogen and oxygen atoms in total. The molecule has 0 radical (unpaired) electrons. The lowest BCUT2D eigenvalue weighted by Crippen LogP contribution is -2.07. The van der Waals surface area contributed by atoms with Gasteiger partial charge in [-0.05, 0) is 43.4 Å². The molecule has 0 aliphatic heterocycles. The summed E-state index contributed by atoms with van der Waals surface area (Å²) in [6.45, 7) is 0. The van der Waals surface area contributed by atoms with Gasteiger partial charge in [-0.1, -0.05) is 6.07 Å². The van der Waals surface area contributed by atoms with Crippen LogP contribution in [0.1, 0.15) is 24.8 Å². The van der Waals surface area contributed by atoms with Gasteiger partial charge in [0.05, 0.1) is 23.0 Å². The second-order valence-corrected chi connectivity index (χ2v) is 4.90. The Balaban J connectivity index is 1.82. The van der Waals surface area contributed by atoms with E-state index in [1.807, 2.05) is 17.9 Å². The molecule has 3 rings (SSSR count). The van der Waals surface area contributed by atoms with Crippen LogP contribution in [0.15, 0.2) is 24.5 Å². The first kappa shape index (κ1) is 9.85. The van der Waals surface area contributed by atoms with E-state index in [-0.39, 0.29) is 5.60 Å². The molecule has 0 saturated heterocycles. The number of aliphatic hydroxyl groups is 1. The Labute approximate surface area is 94.7 Å². The van der Waals surface area contributed by atoms with Crippen LogP contribution in [0.2, 0.25) is 0 Å². The first-order chi connectivity index (χ1) is 7.66. The van der Waals surface area contributed by atoms with Crippen molar-refractivity contribution in [2.45, 2.75) is 31.3 Å². The zero-order chi connectivity index (χ0) is 11.2. The number of nitrogens with zero attached hydrogens (tertiary/aromatic N) is 2. The zero-order valence-electron chi connectivity index (χ0n) is 9.48. The summed E-state index contributed by atoms with van der Waals surface area (Å²) in [5.41, 5.74) is 3.13. The lowest BCUT2D eigenvalue weighted by Gasteiger charge is -2.07. The Bertz CT molecular complexity index is 526. The van der Waals surface area contributed by atoms with Crippen molar-refractivity contribution in [3.8, 4) is 0 Å². The van der Waals surface area contributed by atoms with E-state index in [0.717, 1.165) is 36.7 Å². The number of aromatic nitrogens is 2. The van der Waals surface area contributed by atoms with Crippen LogP contribution in [0.4, 0.5) is 0 Å². The molecule has 1 saturated carbocycles. The van der Waals surface area contributed by atoms with Crippen LogP contribution in [-0.2, 0) is 13.5 Å². The molecule has 0 spiro atoms. The van der Waals surface area contributed by atoms with Gasteiger partial charge in [0, 0.05) is 7.05 Å². The van der Waals surface area contributed by atoms with E-state index in [1.54, 1.807) is 0 Å². The number of hydrogen-bond acceptors (Lipinski definition) is 2. The monoisotopic (exact) mass is 216 g/mol. The molecule has 3 heteroatoms. The Morgan fingerprint density at radius 3 is 3.00 bits per heavy atom. The highest BCUT2D eigenvalue weighted by Crippen LogP contribution is 2.39. The maximum Gasteiger partial charge on any atom is 0.0955 e. The maximum atomic E-state index is 9.79. The zero-order valence-corrected chi connectivity index (χ0v) is 9.48. The van der Waals surface area contributed by atoms with E-state index in [1.165, 1.54) is 5.56 Å². The molecule has 0 atom stereocenters. The van der Waals surface area contributed by atoms with Crippen molar-refractivity contribution < 1.29 is 5.11 Å². The lowest BCUT2D eigenvalue weighted by atomic mass is 10.1. The SMILES string of the molecule is Cn1cnc2cc(CCC3(O)CC3)ccc21. The molecule has 84 valence electrons. The molecular formula is C13H16N2O. The Kier molecular flexibility index (Phi) is 2.04. The first-order valence-electron chi connectivity index (χ1n) is 5.79. The molecule has 1 fully saturated rings. The summed E-state index contributed by atoms with van der Waals surface area (Å²) >= 11 is 0. The van der Waals surface area contributed by atoms with Crippen LogP contribution in [0.5, 0.6) is 0 Å². The number of fused-ring (bicyclic) bond motifs is 1. The average molecular weight is 216 g/mol. The van der Waals surface area contributed by atoms with Crippen molar-refractivity contribution in [1.82, 2.24) is 9.55 Å². The summed E-state index contributed by atoms with van der Waals surface area (Å²) in [6.07, 6.45) is 5.61. The Morgan fingerprint density at radius 2 is 2.25 bits per heavy atom. The predicted molar refractivity (Wildman–Crippen MR) is 63.2 cm³/mol. The Hall–Kier alpha value is -1.35. The van der Waals surface area contributed by atoms with Crippen molar-refractivity contribution in [1.29, 1.82) is 0 Å². The van der Waals surface area contributed by atoms with Gasteiger partial charge in [0.1, 0.15) is 0 Å². The largest absolute Gasteiger partial charge is 0.390 e. The highest BCUT2D eigenvalue weighted by Gasteiger charge is 2.39. The smallest absolute Gasteiger partial charge is 0.0955 e.